The molecule has 210 valence electrons. The second-order valence-electron chi connectivity index (χ2n) is 11.3. The van der Waals surface area contributed by atoms with E-state index in [-0.39, 0.29) is 0 Å². The lowest BCUT2D eigenvalue weighted by Crippen LogP contribution is -2.00. The highest BCUT2D eigenvalue weighted by atomic mass is 16.3. The molecule has 0 aliphatic rings. The van der Waals surface area contributed by atoms with E-state index in [0.29, 0.717) is 17.5 Å². The zero-order chi connectivity index (χ0) is 29.7. The summed E-state index contributed by atoms with van der Waals surface area (Å²) < 4.78 is 6.27. The lowest BCUT2D eigenvalue weighted by molar-refractivity contribution is 0.669. The molecule has 2 heterocycles. The van der Waals surface area contributed by atoms with Crippen LogP contribution in [-0.2, 0) is 0 Å². The summed E-state index contributed by atoms with van der Waals surface area (Å²) in [6.07, 6.45) is 0. The summed E-state index contributed by atoms with van der Waals surface area (Å²) >= 11 is 0. The van der Waals surface area contributed by atoms with Crippen LogP contribution in [0.3, 0.4) is 0 Å². The maximum Gasteiger partial charge on any atom is 0.164 e. The zero-order valence-electron chi connectivity index (χ0n) is 24.2. The van der Waals surface area contributed by atoms with Crippen LogP contribution in [-0.4, -0.2) is 15.0 Å². The number of hydrogen-bond donors (Lipinski definition) is 0. The van der Waals surface area contributed by atoms with Crippen molar-refractivity contribution in [3.05, 3.63) is 152 Å². The van der Waals surface area contributed by atoms with E-state index >= 15 is 0 Å². The standard InChI is InChI=1S/C41H25N3O/c1-3-9-26(10-4-1)31-17-15-27-16-18-32(22-34(27)21-31)40-42-39(28-11-5-2-6-12-28)43-41(44-40)33-19-20-37-35(24-33)36-23-29-13-7-8-14-30(29)25-38(36)45-37/h1-25H. The molecule has 0 aliphatic heterocycles. The van der Waals surface area contributed by atoms with Crippen molar-refractivity contribution in [3.63, 3.8) is 0 Å². The van der Waals surface area contributed by atoms with Crippen molar-refractivity contribution >= 4 is 43.5 Å². The molecule has 0 atom stereocenters. The van der Waals surface area contributed by atoms with Gasteiger partial charge in [0.25, 0.3) is 0 Å². The van der Waals surface area contributed by atoms with Gasteiger partial charge in [0, 0.05) is 27.5 Å². The van der Waals surface area contributed by atoms with Crippen LogP contribution in [0.25, 0.3) is 88.8 Å². The minimum atomic E-state index is 0.619. The molecule has 4 nitrogen and oxygen atoms in total. The van der Waals surface area contributed by atoms with Gasteiger partial charge in [-0.3, -0.25) is 0 Å². The van der Waals surface area contributed by atoms with Crippen molar-refractivity contribution < 1.29 is 4.42 Å². The molecule has 9 rings (SSSR count). The monoisotopic (exact) mass is 575 g/mol. The summed E-state index contributed by atoms with van der Waals surface area (Å²) in [7, 11) is 0. The highest BCUT2D eigenvalue weighted by Crippen LogP contribution is 2.35. The number of nitrogens with zero attached hydrogens (tertiary/aromatic N) is 3. The highest BCUT2D eigenvalue weighted by Gasteiger charge is 2.15. The number of hydrogen-bond acceptors (Lipinski definition) is 4. The summed E-state index contributed by atoms with van der Waals surface area (Å²) in [4.78, 5) is 15.0. The maximum absolute atomic E-state index is 6.27. The fraction of sp³-hybridized carbons (Fsp3) is 0. The lowest BCUT2D eigenvalue weighted by Gasteiger charge is -2.10. The molecule has 4 heteroatoms. The molecule has 0 saturated heterocycles. The Labute approximate surface area is 259 Å². The van der Waals surface area contributed by atoms with Crippen molar-refractivity contribution in [1.29, 1.82) is 0 Å². The largest absolute Gasteiger partial charge is 0.456 e. The summed E-state index contributed by atoms with van der Waals surface area (Å²) in [6, 6.07) is 52.4. The number of aromatic nitrogens is 3. The van der Waals surface area contributed by atoms with Gasteiger partial charge in [0.15, 0.2) is 17.5 Å². The molecular weight excluding hydrogens is 550 g/mol. The van der Waals surface area contributed by atoms with Crippen molar-refractivity contribution in [1.82, 2.24) is 15.0 Å². The SMILES string of the molecule is c1ccc(-c2ccc3ccc(-c4nc(-c5ccccc5)nc(-c5ccc6oc7cc8ccccc8cc7c6c5)n4)cc3c2)cc1. The van der Waals surface area contributed by atoms with Crippen LogP contribution in [0.15, 0.2) is 156 Å². The molecule has 45 heavy (non-hydrogen) atoms. The average Bonchev–Trinajstić information content (AvgIpc) is 3.47. The highest BCUT2D eigenvalue weighted by molar-refractivity contribution is 6.10. The molecule has 0 aliphatic carbocycles. The van der Waals surface area contributed by atoms with Gasteiger partial charge in [-0.05, 0) is 75.1 Å². The van der Waals surface area contributed by atoms with Crippen molar-refractivity contribution in [2.45, 2.75) is 0 Å². The lowest BCUT2D eigenvalue weighted by atomic mass is 10.00. The van der Waals surface area contributed by atoms with Gasteiger partial charge in [-0.1, -0.05) is 109 Å². The Kier molecular flexibility index (Phi) is 5.78. The fourth-order valence-electron chi connectivity index (χ4n) is 6.15. The van der Waals surface area contributed by atoms with Crippen molar-refractivity contribution in [2.24, 2.45) is 0 Å². The number of fused-ring (bicyclic) bond motifs is 5. The molecule has 0 N–H and O–H groups in total. The van der Waals surface area contributed by atoms with Gasteiger partial charge < -0.3 is 4.42 Å². The summed E-state index contributed by atoms with van der Waals surface area (Å²) in [5.74, 6) is 1.89. The molecule has 0 bridgehead atoms. The normalized spacial score (nSPS) is 11.6. The van der Waals surface area contributed by atoms with E-state index in [0.717, 1.165) is 49.4 Å². The number of benzene rings is 7. The third-order valence-electron chi connectivity index (χ3n) is 8.47. The first kappa shape index (κ1) is 25.4. The van der Waals surface area contributed by atoms with Gasteiger partial charge in [-0.2, -0.15) is 0 Å². The van der Waals surface area contributed by atoms with Gasteiger partial charge >= 0.3 is 0 Å². The Balaban J connectivity index is 1.21. The Bertz CT molecular complexity index is 2540. The smallest absolute Gasteiger partial charge is 0.164 e. The maximum atomic E-state index is 6.27. The summed E-state index contributed by atoms with van der Waals surface area (Å²) in [5.41, 5.74) is 6.86. The van der Waals surface area contributed by atoms with Gasteiger partial charge in [-0.15, -0.1) is 0 Å². The van der Waals surface area contributed by atoms with Crippen LogP contribution in [0.4, 0.5) is 0 Å². The van der Waals surface area contributed by atoms with Crippen LogP contribution in [0.2, 0.25) is 0 Å². The Morgan fingerprint density at radius 1 is 0.311 bits per heavy atom. The predicted octanol–water partition coefficient (Wildman–Crippen LogP) is 10.7. The first-order chi connectivity index (χ1) is 22.2. The zero-order valence-corrected chi connectivity index (χ0v) is 24.2. The van der Waals surface area contributed by atoms with E-state index in [9.17, 15) is 0 Å². The number of rotatable bonds is 4. The minimum absolute atomic E-state index is 0.619. The molecule has 0 spiro atoms. The van der Waals surface area contributed by atoms with Crippen LogP contribution >= 0.6 is 0 Å². The third kappa shape index (κ3) is 4.52. The van der Waals surface area contributed by atoms with E-state index in [4.69, 9.17) is 19.4 Å². The fourth-order valence-corrected chi connectivity index (χ4v) is 6.15. The van der Waals surface area contributed by atoms with Gasteiger partial charge in [0.05, 0.1) is 0 Å². The van der Waals surface area contributed by atoms with E-state index in [1.807, 2.05) is 48.5 Å². The first-order valence-corrected chi connectivity index (χ1v) is 15.0. The van der Waals surface area contributed by atoms with Crippen molar-refractivity contribution in [2.75, 3.05) is 0 Å². The van der Waals surface area contributed by atoms with Crippen molar-refractivity contribution in [3.8, 4) is 45.3 Å². The predicted molar refractivity (Wildman–Crippen MR) is 184 cm³/mol. The average molecular weight is 576 g/mol. The Hall–Kier alpha value is -6.13. The van der Waals surface area contributed by atoms with Gasteiger partial charge in [-0.25, -0.2) is 15.0 Å². The topological polar surface area (TPSA) is 51.8 Å². The number of furan rings is 1. The Morgan fingerprint density at radius 3 is 1.58 bits per heavy atom. The Morgan fingerprint density at radius 2 is 0.844 bits per heavy atom. The van der Waals surface area contributed by atoms with Crippen LogP contribution < -0.4 is 0 Å². The van der Waals surface area contributed by atoms with E-state index in [1.165, 1.54) is 21.9 Å². The van der Waals surface area contributed by atoms with E-state index in [2.05, 4.69) is 103 Å². The summed E-state index contributed by atoms with van der Waals surface area (Å²) in [6.45, 7) is 0. The van der Waals surface area contributed by atoms with Gasteiger partial charge in [0.2, 0.25) is 0 Å². The molecule has 0 saturated carbocycles. The molecule has 0 unspecified atom stereocenters. The molecule has 7 aromatic carbocycles. The second kappa shape index (κ2) is 10.2. The molecular formula is C41H25N3O. The van der Waals surface area contributed by atoms with Gasteiger partial charge in [0.1, 0.15) is 11.2 Å². The summed E-state index contributed by atoms with van der Waals surface area (Å²) in [5, 5.41) is 6.75. The minimum Gasteiger partial charge on any atom is -0.456 e. The molecule has 0 amide bonds. The first-order valence-electron chi connectivity index (χ1n) is 15.0. The second-order valence-corrected chi connectivity index (χ2v) is 11.3. The third-order valence-corrected chi connectivity index (χ3v) is 8.47. The molecule has 0 fully saturated rings. The van der Waals surface area contributed by atoms with Crippen LogP contribution in [0, 0.1) is 0 Å². The van der Waals surface area contributed by atoms with Crippen LogP contribution in [0.5, 0.6) is 0 Å². The molecule has 9 aromatic rings. The quantitative estimate of drug-likeness (QED) is 0.209. The molecule has 0 radical (unpaired) electrons. The van der Waals surface area contributed by atoms with E-state index in [1.54, 1.807) is 0 Å². The molecule has 2 aromatic heterocycles. The van der Waals surface area contributed by atoms with Crippen LogP contribution in [0.1, 0.15) is 0 Å². The van der Waals surface area contributed by atoms with E-state index < -0.39 is 0 Å².